The van der Waals surface area contributed by atoms with Crippen molar-refractivity contribution >= 4 is 40.3 Å². The first-order valence-corrected chi connectivity index (χ1v) is 16.8. The van der Waals surface area contributed by atoms with E-state index in [0.29, 0.717) is 42.1 Å². The second-order valence-electron chi connectivity index (χ2n) is 13.1. The number of H-pyrrole nitrogens is 2. The summed E-state index contributed by atoms with van der Waals surface area (Å²) in [4.78, 5) is 73.4. The van der Waals surface area contributed by atoms with Gasteiger partial charge in [0.25, 0.3) is 5.91 Å². The molecule has 8 N–H and O–H groups in total. The van der Waals surface area contributed by atoms with Crippen LogP contribution in [0.2, 0.25) is 0 Å². The molecule has 2 aliphatic rings. The number of aryl methyl sites for hydroxylation is 1. The Morgan fingerprint density at radius 2 is 1.71 bits per heavy atom. The van der Waals surface area contributed by atoms with Gasteiger partial charge in [0.05, 0.1) is 11.0 Å². The molecule has 6 rings (SSSR count). The molecule has 49 heavy (non-hydrogen) atoms. The van der Waals surface area contributed by atoms with Crippen LogP contribution in [0.15, 0.2) is 59.5 Å². The van der Waals surface area contributed by atoms with Crippen molar-refractivity contribution in [3.05, 3.63) is 82.0 Å². The van der Waals surface area contributed by atoms with Crippen LogP contribution in [0.4, 0.5) is 5.69 Å². The molecular formula is C36H42N8O5. The third kappa shape index (κ3) is 8.06. The molecule has 1 saturated carbocycles. The van der Waals surface area contributed by atoms with Gasteiger partial charge in [0.15, 0.2) is 0 Å². The fourth-order valence-corrected chi connectivity index (χ4v) is 6.68. The summed E-state index contributed by atoms with van der Waals surface area (Å²) in [5, 5.41) is 11.5. The van der Waals surface area contributed by atoms with E-state index < -0.39 is 18.0 Å². The van der Waals surface area contributed by atoms with Crippen LogP contribution in [0.25, 0.3) is 22.2 Å². The lowest BCUT2D eigenvalue weighted by Gasteiger charge is -2.28. The maximum Gasteiger partial charge on any atom is 0.323 e. The smallest absolute Gasteiger partial charge is 0.323 e. The fourth-order valence-electron chi connectivity index (χ4n) is 6.68. The third-order valence-corrected chi connectivity index (χ3v) is 9.61. The second-order valence-corrected chi connectivity index (χ2v) is 13.1. The third-order valence-electron chi connectivity index (χ3n) is 9.61. The number of amides is 4. The fraction of sp³-hybridized carbons (Fsp3) is 0.389. The molecule has 1 saturated heterocycles. The molecule has 0 spiro atoms. The number of anilines is 1. The lowest BCUT2D eigenvalue weighted by molar-refractivity contribution is -0.130. The molecule has 4 amide bonds. The van der Waals surface area contributed by atoms with Crippen LogP contribution in [-0.2, 0) is 20.8 Å². The number of aromatic amines is 2. The maximum absolute atomic E-state index is 13.7. The highest BCUT2D eigenvalue weighted by molar-refractivity contribution is 5.99. The van der Waals surface area contributed by atoms with Crippen molar-refractivity contribution in [2.75, 3.05) is 18.4 Å². The summed E-state index contributed by atoms with van der Waals surface area (Å²) in [5.41, 5.74) is 10.8. The van der Waals surface area contributed by atoms with Gasteiger partial charge in [-0.2, -0.15) is 0 Å². The van der Waals surface area contributed by atoms with Crippen LogP contribution in [-0.4, -0.2) is 63.8 Å². The summed E-state index contributed by atoms with van der Waals surface area (Å²) in [6.07, 6.45) is 6.54. The first-order chi connectivity index (χ1) is 23.7. The normalized spacial score (nSPS) is 19.9. The van der Waals surface area contributed by atoms with Crippen molar-refractivity contribution < 1.29 is 19.2 Å². The quantitative estimate of drug-likeness (QED) is 0.135. The van der Waals surface area contributed by atoms with Gasteiger partial charge in [0, 0.05) is 36.3 Å². The molecule has 2 aromatic carbocycles. The summed E-state index contributed by atoms with van der Waals surface area (Å²) in [5.74, 6) is -0.849. The lowest BCUT2D eigenvalue weighted by Crippen LogP contribution is -2.50. The van der Waals surface area contributed by atoms with Gasteiger partial charge >= 0.3 is 5.69 Å². The number of benzene rings is 2. The molecule has 2 atom stereocenters. The lowest BCUT2D eigenvalue weighted by atomic mass is 9.81. The van der Waals surface area contributed by atoms with E-state index in [-0.39, 0.29) is 41.4 Å². The molecule has 1 aliphatic heterocycles. The Labute approximate surface area is 283 Å². The number of imidazole rings is 1. The molecule has 0 radical (unpaired) electrons. The van der Waals surface area contributed by atoms with Gasteiger partial charge in [0.1, 0.15) is 17.8 Å². The van der Waals surface area contributed by atoms with Crippen LogP contribution in [0.1, 0.15) is 60.1 Å². The Bertz CT molecular complexity index is 1910. The van der Waals surface area contributed by atoms with Gasteiger partial charge in [-0.25, -0.2) is 4.79 Å². The Balaban J connectivity index is 1.15. The van der Waals surface area contributed by atoms with Crippen LogP contribution < -0.4 is 32.7 Å². The summed E-state index contributed by atoms with van der Waals surface area (Å²) < 4.78 is 0. The average molecular weight is 667 g/mol. The van der Waals surface area contributed by atoms with E-state index in [1.165, 1.54) is 0 Å². The van der Waals surface area contributed by atoms with Crippen molar-refractivity contribution in [2.24, 2.45) is 17.6 Å². The summed E-state index contributed by atoms with van der Waals surface area (Å²) in [7, 11) is 0. The van der Waals surface area contributed by atoms with Gasteiger partial charge in [-0.05, 0) is 98.9 Å². The van der Waals surface area contributed by atoms with E-state index in [1.807, 2.05) is 31.2 Å². The summed E-state index contributed by atoms with van der Waals surface area (Å²) in [6.45, 7) is 3.12. The molecule has 0 unspecified atom stereocenters. The van der Waals surface area contributed by atoms with E-state index in [2.05, 4.69) is 36.2 Å². The number of hydrogen-bond donors (Lipinski definition) is 7. The topological polar surface area (TPSA) is 204 Å². The van der Waals surface area contributed by atoms with Crippen molar-refractivity contribution in [3.8, 4) is 11.1 Å². The number of nitrogens with zero attached hydrogens (tertiary/aromatic N) is 1. The Morgan fingerprint density at radius 3 is 2.43 bits per heavy atom. The molecule has 0 bridgehead atoms. The van der Waals surface area contributed by atoms with Crippen molar-refractivity contribution in [3.63, 3.8) is 0 Å². The van der Waals surface area contributed by atoms with Crippen LogP contribution in [0.5, 0.6) is 0 Å². The Hall–Kier alpha value is -5.30. The van der Waals surface area contributed by atoms with Gasteiger partial charge < -0.3 is 37.0 Å². The van der Waals surface area contributed by atoms with E-state index in [9.17, 15) is 24.0 Å². The molecule has 3 heterocycles. The molecule has 4 aromatic rings. The number of hydrogen-bond acceptors (Lipinski definition) is 7. The largest absolute Gasteiger partial charge is 0.354 e. The van der Waals surface area contributed by atoms with Gasteiger partial charge in [-0.15, -0.1) is 0 Å². The highest BCUT2D eigenvalue weighted by Crippen LogP contribution is 2.29. The number of aromatic nitrogens is 3. The minimum Gasteiger partial charge on any atom is -0.354 e. The monoisotopic (exact) mass is 666 g/mol. The number of nitrogens with one attached hydrogen (secondary N) is 6. The van der Waals surface area contributed by atoms with E-state index in [0.717, 1.165) is 54.4 Å². The average Bonchev–Trinajstić information content (AvgIpc) is 3.48. The second kappa shape index (κ2) is 14.9. The highest BCUT2D eigenvalue weighted by atomic mass is 16.2. The molecule has 256 valence electrons. The minimum atomic E-state index is -0.848. The number of pyridine rings is 1. The number of carbonyl (C=O) groups is 4. The van der Waals surface area contributed by atoms with E-state index in [1.54, 1.807) is 30.5 Å². The molecule has 1 aliphatic carbocycles. The first-order valence-electron chi connectivity index (χ1n) is 16.8. The Morgan fingerprint density at radius 1 is 0.959 bits per heavy atom. The maximum atomic E-state index is 13.7. The molecule has 2 fully saturated rings. The van der Waals surface area contributed by atoms with Crippen molar-refractivity contribution in [2.45, 2.75) is 64.0 Å². The molecule has 2 aromatic heterocycles. The molecule has 13 heteroatoms. The minimum absolute atomic E-state index is 0.146. The van der Waals surface area contributed by atoms with Crippen molar-refractivity contribution in [1.82, 2.24) is 30.9 Å². The van der Waals surface area contributed by atoms with Gasteiger partial charge in [-0.3, -0.25) is 24.2 Å². The van der Waals surface area contributed by atoms with Gasteiger partial charge in [0.2, 0.25) is 17.7 Å². The highest BCUT2D eigenvalue weighted by Gasteiger charge is 2.30. The number of rotatable bonds is 10. The zero-order valence-electron chi connectivity index (χ0n) is 27.4. The first kappa shape index (κ1) is 33.6. The predicted molar refractivity (Wildman–Crippen MR) is 186 cm³/mol. The van der Waals surface area contributed by atoms with Crippen LogP contribution >= 0.6 is 0 Å². The standard InChI is InChI=1S/C36H42N8O5/c1-20-15-30(34(47)41-28-3-2-14-38-33(28)46)39-19-26(20)23-8-4-21(5-9-23)16-31(42-32(45)24-10-6-22(18-37)7-11-24)35(48)40-25-12-13-27-29(17-25)44-36(49)43-27/h4-5,8-9,12-13,15,17,19,22,24,28,31H,2-3,6-7,10-11,14,16,18,37H2,1H3,(H,38,46)(H,40,48)(H,41,47)(H,42,45)(H2,43,44,49)/t22?,24?,28-,31+/m1/s1. The van der Waals surface area contributed by atoms with Crippen LogP contribution in [0.3, 0.4) is 0 Å². The van der Waals surface area contributed by atoms with Gasteiger partial charge in [-0.1, -0.05) is 24.3 Å². The zero-order chi connectivity index (χ0) is 34.5. The van der Waals surface area contributed by atoms with E-state index in [4.69, 9.17) is 5.73 Å². The number of fused-ring (bicyclic) bond motifs is 1. The number of piperidine rings is 1. The number of nitrogens with two attached hydrogens (primary N) is 1. The SMILES string of the molecule is Cc1cc(C(=O)N[C@@H]2CCCNC2=O)ncc1-c1ccc(C[C@H](NC(=O)C2CCC(CN)CC2)C(=O)Nc2ccc3[nH]c(=O)[nH]c3c2)cc1. The number of carbonyl (C=O) groups excluding carboxylic acids is 4. The summed E-state index contributed by atoms with van der Waals surface area (Å²) in [6, 6.07) is 13.0. The van der Waals surface area contributed by atoms with Crippen molar-refractivity contribution in [1.29, 1.82) is 0 Å². The summed E-state index contributed by atoms with van der Waals surface area (Å²) >= 11 is 0. The Kier molecular flexibility index (Phi) is 10.2. The van der Waals surface area contributed by atoms with E-state index >= 15 is 0 Å². The molecular weight excluding hydrogens is 624 g/mol. The predicted octanol–water partition coefficient (Wildman–Crippen LogP) is 2.67. The van der Waals surface area contributed by atoms with Crippen LogP contribution in [0, 0.1) is 18.8 Å². The zero-order valence-corrected chi connectivity index (χ0v) is 27.4. The molecule has 13 nitrogen and oxygen atoms in total.